The molecule has 0 saturated carbocycles. The number of amides is 2. The van der Waals surface area contributed by atoms with Crippen LogP contribution in [0.3, 0.4) is 0 Å². The van der Waals surface area contributed by atoms with Crippen molar-refractivity contribution in [3.63, 3.8) is 0 Å². The van der Waals surface area contributed by atoms with Gasteiger partial charge in [0.2, 0.25) is 0 Å². The number of ether oxygens (including phenoxy) is 2. The number of likely N-dealkylation sites (N-methyl/N-ethyl adjacent to an activating group) is 1. The molecule has 0 radical (unpaired) electrons. The molecule has 2 amide bonds. The van der Waals surface area contributed by atoms with E-state index in [1.807, 2.05) is 6.07 Å². The number of para-hydroxylation sites is 2. The van der Waals surface area contributed by atoms with Gasteiger partial charge in [-0.25, -0.2) is 4.79 Å². The zero-order chi connectivity index (χ0) is 18.7. The van der Waals surface area contributed by atoms with E-state index in [9.17, 15) is 14.4 Å². The molecule has 0 spiro atoms. The Morgan fingerprint density at radius 2 is 2.08 bits per heavy atom. The zero-order valence-electron chi connectivity index (χ0n) is 14.4. The molecule has 1 atom stereocenters. The molecule has 1 aromatic carbocycles. The summed E-state index contributed by atoms with van der Waals surface area (Å²) in [5.74, 6) is -0.850. The lowest BCUT2D eigenvalue weighted by Crippen LogP contribution is -2.51. The fourth-order valence-electron chi connectivity index (χ4n) is 2.62. The summed E-state index contributed by atoms with van der Waals surface area (Å²) in [4.78, 5) is 38.6. The molecule has 0 saturated heterocycles. The monoisotopic (exact) mass is 374 g/mol. The van der Waals surface area contributed by atoms with Gasteiger partial charge in [-0.15, -0.1) is 11.3 Å². The fourth-order valence-corrected chi connectivity index (χ4v) is 3.44. The third kappa shape index (κ3) is 3.55. The highest BCUT2D eigenvalue weighted by molar-refractivity contribution is 7.12. The number of anilines is 1. The van der Waals surface area contributed by atoms with Gasteiger partial charge in [0.25, 0.3) is 11.8 Å². The van der Waals surface area contributed by atoms with Gasteiger partial charge >= 0.3 is 5.97 Å². The normalized spacial score (nSPS) is 15.6. The average Bonchev–Trinajstić information content (AvgIpc) is 3.10. The van der Waals surface area contributed by atoms with Crippen LogP contribution in [0.15, 0.2) is 35.7 Å². The third-order valence-electron chi connectivity index (χ3n) is 3.99. The summed E-state index contributed by atoms with van der Waals surface area (Å²) in [5, 5.41) is 4.31. The second-order valence-electron chi connectivity index (χ2n) is 5.70. The largest absolute Gasteiger partial charge is 0.477 e. The first kappa shape index (κ1) is 17.9. The lowest BCUT2D eigenvalue weighted by molar-refractivity contribution is -0.128. The minimum absolute atomic E-state index is 0.0467. The number of fused-ring (bicyclic) bond motifs is 1. The van der Waals surface area contributed by atoms with Crippen LogP contribution >= 0.6 is 11.3 Å². The van der Waals surface area contributed by atoms with Gasteiger partial charge in [-0.1, -0.05) is 12.1 Å². The molecular formula is C18H18N2O5S. The van der Waals surface area contributed by atoms with Crippen molar-refractivity contribution in [3.8, 4) is 5.75 Å². The molecule has 2 heterocycles. The molecule has 1 N–H and O–H groups in total. The molecule has 0 bridgehead atoms. The van der Waals surface area contributed by atoms with Gasteiger partial charge in [-0.05, 0) is 36.1 Å². The van der Waals surface area contributed by atoms with Crippen molar-refractivity contribution in [1.29, 1.82) is 0 Å². The van der Waals surface area contributed by atoms with E-state index in [2.05, 4.69) is 5.32 Å². The van der Waals surface area contributed by atoms with Crippen LogP contribution in [0.1, 0.15) is 15.2 Å². The predicted molar refractivity (Wildman–Crippen MR) is 96.6 cm³/mol. The smallest absolute Gasteiger partial charge is 0.349 e. The van der Waals surface area contributed by atoms with E-state index in [0.29, 0.717) is 16.3 Å². The Balaban J connectivity index is 1.74. The molecule has 136 valence electrons. The summed E-state index contributed by atoms with van der Waals surface area (Å²) in [7, 11) is 1.50. The second kappa shape index (κ2) is 7.57. The lowest BCUT2D eigenvalue weighted by atomic mass is 10.1. The van der Waals surface area contributed by atoms with Crippen LogP contribution in [0.2, 0.25) is 0 Å². The highest BCUT2D eigenvalue weighted by Crippen LogP contribution is 2.33. The first-order valence-corrected chi connectivity index (χ1v) is 8.88. The molecule has 1 aliphatic heterocycles. The number of hydrogen-bond donors (Lipinski definition) is 1. The van der Waals surface area contributed by atoms with Crippen molar-refractivity contribution in [3.05, 3.63) is 46.2 Å². The molecule has 1 aliphatic rings. The van der Waals surface area contributed by atoms with Crippen LogP contribution in [0.25, 0.3) is 0 Å². The quantitative estimate of drug-likeness (QED) is 0.825. The first-order valence-electron chi connectivity index (χ1n) is 8.00. The number of hydrogen-bond acceptors (Lipinski definition) is 6. The summed E-state index contributed by atoms with van der Waals surface area (Å²) in [5.41, 5.74) is 1.35. The van der Waals surface area contributed by atoms with Crippen molar-refractivity contribution < 1.29 is 23.9 Å². The minimum Gasteiger partial charge on any atom is -0.477 e. The highest BCUT2D eigenvalue weighted by atomic mass is 32.1. The molecule has 26 heavy (non-hydrogen) atoms. The molecule has 0 fully saturated rings. The minimum atomic E-state index is -0.825. The van der Waals surface area contributed by atoms with E-state index in [1.54, 1.807) is 36.6 Å². The van der Waals surface area contributed by atoms with Crippen LogP contribution < -0.4 is 15.0 Å². The number of carbonyl (C=O) groups excluding carboxylic acids is 3. The number of nitrogens with one attached hydrogen (secondary N) is 1. The van der Waals surface area contributed by atoms with Gasteiger partial charge in [0.05, 0.1) is 12.2 Å². The SMILES string of the molecule is CNC(=O)[C@H]1CN(C(=O)COC(=O)c2sccc2C)c2ccccc2O1. The Bertz CT molecular complexity index is 848. The van der Waals surface area contributed by atoms with Crippen molar-refractivity contribution in [2.24, 2.45) is 0 Å². The number of rotatable bonds is 4. The summed E-state index contributed by atoms with van der Waals surface area (Å²) in [6, 6.07) is 8.75. The molecule has 8 heteroatoms. The van der Waals surface area contributed by atoms with Crippen molar-refractivity contribution >= 4 is 34.8 Å². The predicted octanol–water partition coefficient (Wildman–Crippen LogP) is 1.75. The molecule has 0 unspecified atom stereocenters. The number of carbonyl (C=O) groups is 3. The second-order valence-corrected chi connectivity index (χ2v) is 6.62. The van der Waals surface area contributed by atoms with Crippen molar-refractivity contribution in [1.82, 2.24) is 5.32 Å². The number of benzene rings is 1. The number of aryl methyl sites for hydroxylation is 1. The lowest BCUT2D eigenvalue weighted by Gasteiger charge is -2.33. The van der Waals surface area contributed by atoms with Crippen molar-refractivity contribution in [2.45, 2.75) is 13.0 Å². The van der Waals surface area contributed by atoms with Gasteiger partial charge in [-0.3, -0.25) is 9.59 Å². The van der Waals surface area contributed by atoms with Gasteiger partial charge < -0.3 is 19.7 Å². The summed E-state index contributed by atoms with van der Waals surface area (Å²) >= 11 is 1.27. The van der Waals surface area contributed by atoms with E-state index in [-0.39, 0.29) is 12.5 Å². The van der Waals surface area contributed by atoms with E-state index < -0.39 is 24.6 Å². The highest BCUT2D eigenvalue weighted by Gasteiger charge is 2.33. The maximum absolute atomic E-state index is 12.6. The Labute approximate surface area is 154 Å². The van der Waals surface area contributed by atoms with Crippen LogP contribution in [0.4, 0.5) is 5.69 Å². The Morgan fingerprint density at radius 3 is 2.77 bits per heavy atom. The van der Waals surface area contributed by atoms with Gasteiger partial charge in [0.1, 0.15) is 10.6 Å². The van der Waals surface area contributed by atoms with Gasteiger partial charge in [-0.2, -0.15) is 0 Å². The maximum atomic E-state index is 12.6. The Hall–Kier alpha value is -2.87. The third-order valence-corrected chi connectivity index (χ3v) is 4.98. The number of thiophene rings is 1. The van der Waals surface area contributed by atoms with Gasteiger partial charge in [0, 0.05) is 7.05 Å². The van der Waals surface area contributed by atoms with Crippen LogP contribution in [0.5, 0.6) is 5.75 Å². The standard InChI is InChI=1S/C18H18N2O5S/c1-11-7-8-26-16(11)18(23)24-10-15(21)20-9-14(17(22)19-2)25-13-6-4-3-5-12(13)20/h3-8,14H,9-10H2,1-2H3,(H,19,22)/t14-/m1/s1. The molecular weight excluding hydrogens is 356 g/mol. The summed E-state index contributed by atoms with van der Waals surface area (Å²) < 4.78 is 10.8. The topological polar surface area (TPSA) is 84.9 Å². The zero-order valence-corrected chi connectivity index (χ0v) is 15.2. The molecule has 1 aromatic heterocycles. The summed E-state index contributed by atoms with van der Waals surface area (Å²) in [6.45, 7) is 1.44. The first-order chi connectivity index (χ1) is 12.5. The van der Waals surface area contributed by atoms with E-state index in [4.69, 9.17) is 9.47 Å². The van der Waals surface area contributed by atoms with Gasteiger partial charge in [0.15, 0.2) is 12.7 Å². The maximum Gasteiger partial charge on any atom is 0.349 e. The fraction of sp³-hybridized carbons (Fsp3) is 0.278. The van der Waals surface area contributed by atoms with E-state index in [1.165, 1.54) is 23.3 Å². The molecule has 7 nitrogen and oxygen atoms in total. The van der Waals surface area contributed by atoms with Crippen LogP contribution in [0, 0.1) is 6.92 Å². The molecule has 0 aliphatic carbocycles. The van der Waals surface area contributed by atoms with Crippen LogP contribution in [-0.2, 0) is 14.3 Å². The Morgan fingerprint density at radius 1 is 1.31 bits per heavy atom. The van der Waals surface area contributed by atoms with E-state index >= 15 is 0 Å². The Kier molecular flexibility index (Phi) is 5.22. The summed E-state index contributed by atoms with van der Waals surface area (Å²) in [6.07, 6.45) is -0.825. The molecule has 2 aromatic rings. The molecule has 3 rings (SSSR count). The van der Waals surface area contributed by atoms with E-state index in [0.717, 1.165) is 5.56 Å². The van der Waals surface area contributed by atoms with Crippen LogP contribution in [-0.4, -0.2) is 44.1 Å². The van der Waals surface area contributed by atoms with Crippen molar-refractivity contribution in [2.75, 3.05) is 25.1 Å². The average molecular weight is 374 g/mol. The number of nitrogens with zero attached hydrogens (tertiary/aromatic N) is 1. The number of esters is 1.